The van der Waals surface area contributed by atoms with E-state index in [1.54, 1.807) is 6.07 Å². The first-order valence-corrected chi connectivity index (χ1v) is 7.81. The second-order valence-electron chi connectivity index (χ2n) is 6.34. The number of benzene rings is 1. The summed E-state index contributed by atoms with van der Waals surface area (Å²) in [6.45, 7) is 7.44. The molecule has 1 aromatic carbocycles. The summed E-state index contributed by atoms with van der Waals surface area (Å²) in [4.78, 5) is 2.22. The predicted octanol–water partition coefficient (Wildman–Crippen LogP) is 3.73. The van der Waals surface area contributed by atoms with Gasteiger partial charge in [0, 0.05) is 18.6 Å². The van der Waals surface area contributed by atoms with Gasteiger partial charge in [-0.05, 0) is 56.2 Å². The van der Waals surface area contributed by atoms with E-state index in [-0.39, 0.29) is 11.9 Å². The van der Waals surface area contributed by atoms with Crippen LogP contribution in [0.25, 0.3) is 0 Å². The van der Waals surface area contributed by atoms with Crippen molar-refractivity contribution in [3.8, 4) is 0 Å². The number of nitrogens with two attached hydrogens (primary N) is 1. The van der Waals surface area contributed by atoms with E-state index in [1.165, 1.54) is 6.42 Å². The summed E-state index contributed by atoms with van der Waals surface area (Å²) in [7, 11) is 0. The largest absolute Gasteiger partial charge is 0.366 e. The van der Waals surface area contributed by atoms with Crippen LogP contribution in [0.4, 0.5) is 10.1 Å². The van der Waals surface area contributed by atoms with E-state index < -0.39 is 0 Å². The molecule has 0 bridgehead atoms. The second-order valence-corrected chi connectivity index (χ2v) is 6.34. The number of hydrogen-bond donors (Lipinski definition) is 1. The molecule has 0 amide bonds. The van der Waals surface area contributed by atoms with E-state index in [4.69, 9.17) is 5.73 Å². The van der Waals surface area contributed by atoms with Gasteiger partial charge >= 0.3 is 0 Å². The minimum absolute atomic E-state index is 0.105. The van der Waals surface area contributed by atoms with Crippen molar-refractivity contribution in [2.45, 2.75) is 58.5 Å². The molecule has 1 aliphatic rings. The first-order valence-electron chi connectivity index (χ1n) is 7.81. The molecule has 0 saturated carbocycles. The smallest absolute Gasteiger partial charge is 0.146 e. The summed E-state index contributed by atoms with van der Waals surface area (Å²) < 4.78 is 14.4. The van der Waals surface area contributed by atoms with Gasteiger partial charge in [-0.1, -0.05) is 19.9 Å². The fourth-order valence-electron chi connectivity index (χ4n) is 2.98. The lowest BCUT2D eigenvalue weighted by atomic mass is 9.94. The van der Waals surface area contributed by atoms with Crippen LogP contribution >= 0.6 is 0 Å². The Hall–Kier alpha value is -1.09. The molecule has 3 heteroatoms. The van der Waals surface area contributed by atoms with Gasteiger partial charge in [-0.15, -0.1) is 0 Å². The second kappa shape index (κ2) is 6.57. The molecule has 2 nitrogen and oxygen atoms in total. The van der Waals surface area contributed by atoms with E-state index in [0.29, 0.717) is 12.0 Å². The fraction of sp³-hybridized carbons (Fsp3) is 0.647. The van der Waals surface area contributed by atoms with Crippen LogP contribution in [0.3, 0.4) is 0 Å². The van der Waals surface area contributed by atoms with Gasteiger partial charge in [0.25, 0.3) is 0 Å². The third kappa shape index (κ3) is 3.51. The molecule has 112 valence electrons. The quantitative estimate of drug-likeness (QED) is 0.909. The molecular weight excluding hydrogens is 251 g/mol. The van der Waals surface area contributed by atoms with Crippen LogP contribution in [0.5, 0.6) is 0 Å². The number of halogens is 1. The average Bonchev–Trinajstić information content (AvgIpc) is 2.42. The van der Waals surface area contributed by atoms with Crippen LogP contribution in [0, 0.1) is 11.7 Å². The normalized spacial score (nSPS) is 24.8. The molecule has 0 radical (unpaired) electrons. The van der Waals surface area contributed by atoms with E-state index in [2.05, 4.69) is 25.7 Å². The number of hydrogen-bond acceptors (Lipinski definition) is 2. The zero-order valence-corrected chi connectivity index (χ0v) is 12.9. The number of nitrogens with zero attached hydrogens (tertiary/aromatic N) is 1. The monoisotopic (exact) mass is 278 g/mol. The van der Waals surface area contributed by atoms with E-state index in [9.17, 15) is 4.39 Å². The standard InChI is InChI=1S/C17H27FN2/c1-4-15(19)9-14-7-8-17(16(18)10-14)20-11-12(2)5-6-13(20)3/h7-8,10,12-13,15H,4-6,9,11,19H2,1-3H3. The Morgan fingerprint density at radius 1 is 1.35 bits per heavy atom. The third-order valence-electron chi connectivity index (χ3n) is 4.46. The van der Waals surface area contributed by atoms with Gasteiger partial charge in [-0.25, -0.2) is 4.39 Å². The average molecular weight is 278 g/mol. The molecule has 1 saturated heterocycles. The highest BCUT2D eigenvalue weighted by Crippen LogP contribution is 2.30. The Kier molecular flexibility index (Phi) is 5.03. The Balaban J connectivity index is 2.16. The van der Waals surface area contributed by atoms with Crippen LogP contribution in [0.2, 0.25) is 0 Å². The lowest BCUT2D eigenvalue weighted by Crippen LogP contribution is -2.41. The number of anilines is 1. The van der Waals surface area contributed by atoms with Gasteiger partial charge in [0.05, 0.1) is 5.69 Å². The van der Waals surface area contributed by atoms with Gasteiger partial charge in [0.15, 0.2) is 0 Å². The van der Waals surface area contributed by atoms with Gasteiger partial charge in [0.2, 0.25) is 0 Å². The summed E-state index contributed by atoms with van der Waals surface area (Å²) in [5.74, 6) is 0.533. The SMILES string of the molecule is CCC(N)Cc1ccc(N2CC(C)CCC2C)c(F)c1. The predicted molar refractivity (Wildman–Crippen MR) is 83.6 cm³/mol. The summed E-state index contributed by atoms with van der Waals surface area (Å²) in [5, 5.41) is 0. The summed E-state index contributed by atoms with van der Waals surface area (Å²) in [5.41, 5.74) is 7.69. The van der Waals surface area contributed by atoms with Crippen molar-refractivity contribution in [1.29, 1.82) is 0 Å². The van der Waals surface area contributed by atoms with Crippen molar-refractivity contribution in [1.82, 2.24) is 0 Å². The first kappa shape index (κ1) is 15.3. The van der Waals surface area contributed by atoms with E-state index >= 15 is 0 Å². The maximum atomic E-state index is 14.4. The molecule has 3 unspecified atom stereocenters. The van der Waals surface area contributed by atoms with Gasteiger partial charge in [-0.2, -0.15) is 0 Å². The lowest BCUT2D eigenvalue weighted by molar-refractivity contribution is 0.386. The van der Waals surface area contributed by atoms with Crippen molar-refractivity contribution < 1.29 is 4.39 Å². The highest BCUT2D eigenvalue weighted by atomic mass is 19.1. The zero-order valence-electron chi connectivity index (χ0n) is 12.9. The molecule has 3 atom stereocenters. The Morgan fingerprint density at radius 3 is 2.75 bits per heavy atom. The Bertz CT molecular complexity index is 447. The van der Waals surface area contributed by atoms with Gasteiger partial charge in [0.1, 0.15) is 5.82 Å². The molecule has 2 rings (SSSR count). The van der Waals surface area contributed by atoms with Crippen molar-refractivity contribution in [3.63, 3.8) is 0 Å². The minimum Gasteiger partial charge on any atom is -0.366 e. The topological polar surface area (TPSA) is 29.3 Å². The molecule has 20 heavy (non-hydrogen) atoms. The van der Waals surface area contributed by atoms with Crippen molar-refractivity contribution in [3.05, 3.63) is 29.6 Å². The van der Waals surface area contributed by atoms with Crippen LogP contribution < -0.4 is 10.6 Å². The van der Waals surface area contributed by atoms with Crippen LogP contribution in [0.15, 0.2) is 18.2 Å². The van der Waals surface area contributed by atoms with Crippen LogP contribution in [-0.4, -0.2) is 18.6 Å². The number of rotatable bonds is 4. The molecule has 0 aliphatic carbocycles. The maximum Gasteiger partial charge on any atom is 0.146 e. The summed E-state index contributed by atoms with van der Waals surface area (Å²) >= 11 is 0. The summed E-state index contributed by atoms with van der Waals surface area (Å²) in [6, 6.07) is 6.16. The molecule has 2 N–H and O–H groups in total. The molecular formula is C17H27FN2. The van der Waals surface area contributed by atoms with E-state index in [0.717, 1.165) is 37.1 Å². The molecule has 1 fully saturated rings. The fourth-order valence-corrected chi connectivity index (χ4v) is 2.98. The zero-order chi connectivity index (χ0) is 14.7. The lowest BCUT2D eigenvalue weighted by Gasteiger charge is -2.38. The summed E-state index contributed by atoms with van der Waals surface area (Å²) in [6.07, 6.45) is 4.05. The molecule has 0 spiro atoms. The first-order chi connectivity index (χ1) is 9.51. The molecule has 1 aliphatic heterocycles. The molecule has 0 aromatic heterocycles. The Labute approximate surface area is 122 Å². The number of piperidine rings is 1. The van der Waals surface area contributed by atoms with Crippen LogP contribution in [0.1, 0.15) is 45.6 Å². The van der Waals surface area contributed by atoms with Gasteiger partial charge < -0.3 is 10.6 Å². The molecule has 1 heterocycles. The highest BCUT2D eigenvalue weighted by molar-refractivity contribution is 5.50. The Morgan fingerprint density at radius 2 is 2.10 bits per heavy atom. The van der Waals surface area contributed by atoms with Crippen molar-refractivity contribution >= 4 is 5.69 Å². The third-order valence-corrected chi connectivity index (χ3v) is 4.46. The van der Waals surface area contributed by atoms with Crippen molar-refractivity contribution in [2.75, 3.05) is 11.4 Å². The van der Waals surface area contributed by atoms with Gasteiger partial charge in [-0.3, -0.25) is 0 Å². The van der Waals surface area contributed by atoms with Crippen LogP contribution in [-0.2, 0) is 6.42 Å². The van der Waals surface area contributed by atoms with E-state index in [1.807, 2.05) is 12.1 Å². The van der Waals surface area contributed by atoms with Crippen molar-refractivity contribution in [2.24, 2.45) is 11.7 Å². The molecule has 1 aromatic rings. The highest BCUT2D eigenvalue weighted by Gasteiger charge is 2.25. The maximum absolute atomic E-state index is 14.4. The minimum atomic E-state index is -0.105.